The zero-order valence-electron chi connectivity index (χ0n) is 20.2. The summed E-state index contributed by atoms with van der Waals surface area (Å²) in [6.45, 7) is 2.24. The summed E-state index contributed by atoms with van der Waals surface area (Å²) in [6, 6.07) is 0. The highest BCUT2D eigenvalue weighted by Crippen LogP contribution is 2.33. The number of morpholine rings is 1. The first-order valence-electron chi connectivity index (χ1n) is 11.3. The fraction of sp³-hybridized carbons (Fsp3) is 0.571. The lowest BCUT2D eigenvalue weighted by Gasteiger charge is -2.27. The summed E-state index contributed by atoms with van der Waals surface area (Å²) in [5, 5.41) is 0.147. The van der Waals surface area contributed by atoms with Crippen LogP contribution in [0.25, 0.3) is 11.2 Å². The number of alkyl halides is 3. The predicted molar refractivity (Wildman–Crippen MR) is 126 cm³/mol. The second kappa shape index (κ2) is 10.3. The minimum absolute atomic E-state index is 0.147. The second-order valence-electron chi connectivity index (χ2n) is 9.01. The number of thioether (sulfide) groups is 1. The number of amides is 1. The highest BCUT2D eigenvalue weighted by Gasteiger charge is 2.34. The molecule has 37 heavy (non-hydrogen) atoms. The van der Waals surface area contributed by atoms with Crippen LogP contribution in [0, 0.1) is 0 Å². The van der Waals surface area contributed by atoms with Crippen LogP contribution in [-0.4, -0.2) is 78.2 Å². The zero-order valence-corrected chi connectivity index (χ0v) is 21.0. The van der Waals surface area contributed by atoms with Gasteiger partial charge in [0.25, 0.3) is 5.56 Å². The number of halogens is 3. The number of ether oxygens (including phenoxy) is 1. The van der Waals surface area contributed by atoms with Crippen molar-refractivity contribution in [1.29, 1.82) is 0 Å². The highest BCUT2D eigenvalue weighted by molar-refractivity contribution is 8.00. The van der Waals surface area contributed by atoms with Gasteiger partial charge in [-0.15, -0.1) is 0 Å². The van der Waals surface area contributed by atoms with Gasteiger partial charge in [0, 0.05) is 24.4 Å². The van der Waals surface area contributed by atoms with E-state index in [1.165, 1.54) is 21.9 Å². The van der Waals surface area contributed by atoms with Gasteiger partial charge < -0.3 is 24.4 Å². The van der Waals surface area contributed by atoms with Gasteiger partial charge in [-0.05, 0) is 13.8 Å². The van der Waals surface area contributed by atoms with E-state index in [-0.39, 0.29) is 56.0 Å². The lowest BCUT2D eigenvalue weighted by molar-refractivity contribution is -0.140. The smallest absolute Gasteiger partial charge is 0.406 e. The van der Waals surface area contributed by atoms with Gasteiger partial charge in [0.15, 0.2) is 16.3 Å². The molecule has 0 unspecified atom stereocenters. The fourth-order valence-corrected chi connectivity index (χ4v) is 4.74. The van der Waals surface area contributed by atoms with Crippen molar-refractivity contribution in [2.24, 2.45) is 5.73 Å². The summed E-state index contributed by atoms with van der Waals surface area (Å²) in [6.07, 6.45) is -2.11. The Balaban J connectivity index is 1.94. The first-order valence-corrected chi connectivity index (χ1v) is 12.2. The number of hydrogen-bond donors (Lipinski definition) is 1. The molecule has 0 saturated carbocycles. The molecule has 1 amide bonds. The van der Waals surface area contributed by atoms with Crippen LogP contribution >= 0.6 is 11.8 Å². The molecule has 3 aromatic rings. The molecule has 0 spiro atoms. The maximum atomic E-state index is 13.6. The van der Waals surface area contributed by atoms with Crippen LogP contribution in [0.5, 0.6) is 0 Å². The summed E-state index contributed by atoms with van der Waals surface area (Å²) in [5.74, 6) is -0.423. The fourth-order valence-electron chi connectivity index (χ4n) is 3.76. The standard InChI is InChI=1S/C21H26F3N7O5S/c1-20(2,11-25)37-18-27-16-15(29(18)9-13-26-3-6-36-13)17(33)30(19(34)31(16)12-21(22,23)24)10-14(32)28-4-7-35-8-5-28/h3,6H,4-5,7-12,25H2,1-2H3. The molecule has 4 heterocycles. The van der Waals surface area contributed by atoms with E-state index < -0.39 is 46.8 Å². The van der Waals surface area contributed by atoms with Crippen LogP contribution in [0.4, 0.5) is 13.2 Å². The van der Waals surface area contributed by atoms with Crippen LogP contribution in [0.2, 0.25) is 0 Å². The van der Waals surface area contributed by atoms with Crippen molar-refractivity contribution in [3.8, 4) is 0 Å². The monoisotopic (exact) mass is 545 g/mol. The number of imidazole rings is 1. The molecule has 202 valence electrons. The minimum Gasteiger partial charge on any atom is -0.447 e. The van der Waals surface area contributed by atoms with Gasteiger partial charge in [0.05, 0.1) is 19.4 Å². The number of hydrogen-bond acceptors (Lipinski definition) is 9. The quantitative estimate of drug-likeness (QED) is 0.404. The Labute approximate surface area is 212 Å². The first kappa shape index (κ1) is 26.9. The van der Waals surface area contributed by atoms with Gasteiger partial charge in [0.2, 0.25) is 11.8 Å². The summed E-state index contributed by atoms with van der Waals surface area (Å²) < 4.78 is 52.8. The van der Waals surface area contributed by atoms with Crippen LogP contribution < -0.4 is 17.0 Å². The van der Waals surface area contributed by atoms with Gasteiger partial charge in [-0.3, -0.25) is 14.2 Å². The topological polar surface area (TPSA) is 143 Å². The molecule has 0 atom stereocenters. The molecule has 2 N–H and O–H groups in total. The second-order valence-corrected chi connectivity index (χ2v) is 10.7. The van der Waals surface area contributed by atoms with Gasteiger partial charge in [-0.2, -0.15) is 13.2 Å². The molecule has 0 aromatic carbocycles. The molecule has 4 rings (SSSR count). The summed E-state index contributed by atoms with van der Waals surface area (Å²) in [4.78, 5) is 49.4. The maximum Gasteiger partial charge on any atom is 0.406 e. The van der Waals surface area contributed by atoms with E-state index in [9.17, 15) is 27.6 Å². The number of fused-ring (bicyclic) bond motifs is 1. The number of nitrogens with two attached hydrogens (primary N) is 1. The van der Waals surface area contributed by atoms with Crippen LogP contribution in [-0.2, 0) is 29.2 Å². The molecule has 1 fully saturated rings. The van der Waals surface area contributed by atoms with E-state index in [0.717, 1.165) is 11.8 Å². The van der Waals surface area contributed by atoms with Gasteiger partial charge in [-0.1, -0.05) is 11.8 Å². The lowest BCUT2D eigenvalue weighted by atomic mass is 10.2. The average Bonchev–Trinajstić information content (AvgIpc) is 3.48. The third-order valence-electron chi connectivity index (χ3n) is 5.71. The van der Waals surface area contributed by atoms with Crippen molar-refractivity contribution in [2.45, 2.75) is 49.6 Å². The Morgan fingerprint density at radius 3 is 2.46 bits per heavy atom. The number of nitrogens with zero attached hydrogens (tertiary/aromatic N) is 6. The summed E-state index contributed by atoms with van der Waals surface area (Å²) >= 11 is 1.13. The van der Waals surface area contributed by atoms with Crippen LogP contribution in [0.15, 0.2) is 31.6 Å². The number of aromatic nitrogens is 5. The number of carbonyl (C=O) groups is 1. The van der Waals surface area contributed by atoms with Gasteiger partial charge >= 0.3 is 11.9 Å². The van der Waals surface area contributed by atoms with Crippen molar-refractivity contribution in [1.82, 2.24) is 28.6 Å². The molecule has 16 heteroatoms. The normalized spacial score (nSPS) is 15.0. The molecule has 0 aliphatic carbocycles. The summed E-state index contributed by atoms with van der Waals surface area (Å²) in [5.41, 5.74) is 2.87. The van der Waals surface area contributed by atoms with Crippen LogP contribution in [0.3, 0.4) is 0 Å². The van der Waals surface area contributed by atoms with Crippen molar-refractivity contribution < 1.29 is 27.1 Å². The Bertz CT molecular complexity index is 1390. The van der Waals surface area contributed by atoms with Crippen LogP contribution in [0.1, 0.15) is 19.7 Å². The Morgan fingerprint density at radius 2 is 1.86 bits per heavy atom. The van der Waals surface area contributed by atoms with Gasteiger partial charge in [-0.25, -0.2) is 19.3 Å². The molecular weight excluding hydrogens is 519 g/mol. The Morgan fingerprint density at radius 1 is 1.16 bits per heavy atom. The number of oxazole rings is 1. The van der Waals surface area contributed by atoms with E-state index in [1.54, 1.807) is 13.8 Å². The predicted octanol–water partition coefficient (Wildman–Crippen LogP) is 0.647. The largest absolute Gasteiger partial charge is 0.447 e. The third kappa shape index (κ3) is 5.91. The lowest BCUT2D eigenvalue weighted by Crippen LogP contribution is -2.48. The molecule has 1 aliphatic rings. The van der Waals surface area contributed by atoms with Gasteiger partial charge in [0.1, 0.15) is 25.9 Å². The van der Waals surface area contributed by atoms with E-state index in [4.69, 9.17) is 14.9 Å². The molecule has 1 aliphatic heterocycles. The van der Waals surface area contributed by atoms with Crippen molar-refractivity contribution in [2.75, 3.05) is 32.8 Å². The van der Waals surface area contributed by atoms with E-state index in [0.29, 0.717) is 9.13 Å². The SMILES string of the molecule is CC(C)(CN)Sc1nc2c(c(=O)n(CC(=O)N3CCOCC3)c(=O)n2CC(F)(F)F)n1Cc1ncco1. The highest BCUT2D eigenvalue weighted by atomic mass is 32.2. The third-order valence-corrected chi connectivity index (χ3v) is 6.92. The minimum atomic E-state index is -4.80. The molecule has 3 aromatic heterocycles. The Kier molecular flexibility index (Phi) is 7.52. The maximum absolute atomic E-state index is 13.6. The summed E-state index contributed by atoms with van der Waals surface area (Å²) in [7, 11) is 0. The van der Waals surface area contributed by atoms with E-state index in [2.05, 4.69) is 9.97 Å². The first-order chi connectivity index (χ1) is 17.4. The Hall–Kier alpha value is -3.11. The van der Waals surface area contributed by atoms with Crippen molar-refractivity contribution in [3.63, 3.8) is 0 Å². The molecule has 0 bridgehead atoms. The molecule has 1 saturated heterocycles. The molecular formula is C21H26F3N7O5S. The van der Waals surface area contributed by atoms with Crippen molar-refractivity contribution in [3.05, 3.63) is 39.2 Å². The number of rotatable bonds is 8. The van der Waals surface area contributed by atoms with Crippen molar-refractivity contribution >= 4 is 28.8 Å². The number of carbonyl (C=O) groups excluding carboxylic acids is 1. The molecule has 0 radical (unpaired) electrons. The average molecular weight is 546 g/mol. The zero-order chi connectivity index (χ0) is 27.0. The van der Waals surface area contributed by atoms with E-state index >= 15 is 0 Å². The molecule has 12 nitrogen and oxygen atoms in total. The van der Waals surface area contributed by atoms with E-state index in [1.807, 2.05) is 0 Å².